The van der Waals surface area contributed by atoms with E-state index in [1.807, 2.05) is 10.6 Å². The van der Waals surface area contributed by atoms with Crippen LogP contribution in [0.15, 0.2) is 42.9 Å². The van der Waals surface area contributed by atoms with Crippen molar-refractivity contribution in [3.8, 4) is 0 Å². The van der Waals surface area contributed by atoms with Crippen LogP contribution in [0.25, 0.3) is 0 Å². The zero-order chi connectivity index (χ0) is 18.2. The normalized spacial score (nSPS) is 18.0. The van der Waals surface area contributed by atoms with Crippen LogP contribution in [0.4, 0.5) is 0 Å². The van der Waals surface area contributed by atoms with Gasteiger partial charge >= 0.3 is 0 Å². The number of imidazole rings is 1. The fourth-order valence-corrected chi connectivity index (χ4v) is 3.48. The van der Waals surface area contributed by atoms with Gasteiger partial charge in [-0.3, -0.25) is 9.69 Å². The van der Waals surface area contributed by atoms with E-state index in [0.717, 1.165) is 44.6 Å². The largest absolute Gasteiger partial charge is 0.383 e. The Balaban J connectivity index is 1.57. The number of aromatic nitrogens is 2. The molecule has 1 aromatic carbocycles. The molecule has 2 aromatic rings. The Labute approximate surface area is 155 Å². The Kier molecular flexibility index (Phi) is 6.80. The van der Waals surface area contributed by atoms with E-state index in [9.17, 15) is 4.79 Å². The highest BCUT2D eigenvalue weighted by molar-refractivity contribution is 5.81. The summed E-state index contributed by atoms with van der Waals surface area (Å²) in [5, 5.41) is 3.11. The van der Waals surface area contributed by atoms with E-state index >= 15 is 0 Å². The predicted octanol–water partition coefficient (Wildman–Crippen LogP) is 2.20. The number of rotatable bonds is 8. The van der Waals surface area contributed by atoms with Crippen molar-refractivity contribution in [3.05, 3.63) is 54.1 Å². The first kappa shape index (κ1) is 18.6. The lowest BCUT2D eigenvalue weighted by Crippen LogP contribution is -2.48. The Hall–Kier alpha value is -2.18. The molecule has 3 rings (SSSR count). The molecule has 1 aliphatic rings. The quantitative estimate of drug-likeness (QED) is 0.788. The van der Waals surface area contributed by atoms with Gasteiger partial charge in [-0.1, -0.05) is 36.8 Å². The molecule has 0 unspecified atom stereocenters. The zero-order valence-electron chi connectivity index (χ0n) is 15.4. The Morgan fingerprint density at radius 1 is 1.31 bits per heavy atom. The topological polar surface area (TPSA) is 59.4 Å². The van der Waals surface area contributed by atoms with E-state index in [1.165, 1.54) is 5.56 Å². The van der Waals surface area contributed by atoms with Crippen LogP contribution in [0.1, 0.15) is 30.5 Å². The first-order chi connectivity index (χ1) is 12.8. The number of ether oxygens (including phenoxy) is 1. The lowest BCUT2D eigenvalue weighted by Gasteiger charge is -2.34. The highest BCUT2D eigenvalue weighted by Gasteiger charge is 2.28. The van der Waals surface area contributed by atoms with Crippen molar-refractivity contribution in [1.29, 1.82) is 0 Å². The minimum absolute atomic E-state index is 0.0562. The Morgan fingerprint density at radius 2 is 2.15 bits per heavy atom. The molecule has 0 aliphatic carbocycles. The maximum Gasteiger partial charge on any atom is 0.237 e. The van der Waals surface area contributed by atoms with Crippen LogP contribution in [-0.2, 0) is 29.2 Å². The molecule has 0 bridgehead atoms. The second-order valence-corrected chi connectivity index (χ2v) is 6.76. The summed E-state index contributed by atoms with van der Waals surface area (Å²) >= 11 is 0. The van der Waals surface area contributed by atoms with Crippen molar-refractivity contribution >= 4 is 5.91 Å². The summed E-state index contributed by atoms with van der Waals surface area (Å²) in [5.41, 5.74) is 2.26. The van der Waals surface area contributed by atoms with Gasteiger partial charge in [0.1, 0.15) is 0 Å². The van der Waals surface area contributed by atoms with Gasteiger partial charge in [-0.15, -0.1) is 0 Å². The maximum atomic E-state index is 12.8. The number of carbonyl (C=O) groups excluding carboxylic acids is 1. The molecule has 26 heavy (non-hydrogen) atoms. The van der Waals surface area contributed by atoms with E-state index in [-0.39, 0.29) is 11.9 Å². The number of likely N-dealkylation sites (tertiary alicyclic amines) is 1. The number of piperidine rings is 1. The highest BCUT2D eigenvalue weighted by Crippen LogP contribution is 2.20. The number of carbonyl (C=O) groups is 1. The molecule has 1 saturated heterocycles. The van der Waals surface area contributed by atoms with Crippen molar-refractivity contribution in [2.24, 2.45) is 0 Å². The SMILES string of the molecule is COCCn1cncc1CNC(=O)[C@H]1CCCCN1Cc1ccccc1. The van der Waals surface area contributed by atoms with Crippen LogP contribution in [0.2, 0.25) is 0 Å². The van der Waals surface area contributed by atoms with Gasteiger partial charge in [0.25, 0.3) is 0 Å². The second kappa shape index (κ2) is 9.50. The number of amides is 1. The summed E-state index contributed by atoms with van der Waals surface area (Å²) in [7, 11) is 1.68. The second-order valence-electron chi connectivity index (χ2n) is 6.76. The van der Waals surface area contributed by atoms with Gasteiger partial charge in [0.2, 0.25) is 5.91 Å². The van der Waals surface area contributed by atoms with Gasteiger partial charge in [-0.05, 0) is 24.9 Å². The minimum Gasteiger partial charge on any atom is -0.383 e. The van der Waals surface area contributed by atoms with Gasteiger partial charge in [0.05, 0.1) is 31.2 Å². The molecule has 1 N–H and O–H groups in total. The van der Waals surface area contributed by atoms with Crippen molar-refractivity contribution in [3.63, 3.8) is 0 Å². The number of hydrogen-bond acceptors (Lipinski definition) is 4. The summed E-state index contributed by atoms with van der Waals surface area (Å²) in [6, 6.07) is 10.3. The van der Waals surface area contributed by atoms with Gasteiger partial charge in [-0.2, -0.15) is 0 Å². The number of methoxy groups -OCH3 is 1. The molecule has 1 amide bonds. The van der Waals surface area contributed by atoms with Crippen molar-refractivity contribution in [2.45, 2.75) is 44.9 Å². The first-order valence-corrected chi connectivity index (χ1v) is 9.31. The highest BCUT2D eigenvalue weighted by atomic mass is 16.5. The molecule has 0 saturated carbocycles. The summed E-state index contributed by atoms with van der Waals surface area (Å²) in [6.07, 6.45) is 6.76. The van der Waals surface area contributed by atoms with Crippen LogP contribution < -0.4 is 5.32 Å². The van der Waals surface area contributed by atoms with E-state index < -0.39 is 0 Å². The van der Waals surface area contributed by atoms with Crippen molar-refractivity contribution in [1.82, 2.24) is 19.8 Å². The molecule has 0 radical (unpaired) electrons. The Morgan fingerprint density at radius 3 is 2.96 bits per heavy atom. The number of nitrogens with zero attached hydrogens (tertiary/aromatic N) is 3. The predicted molar refractivity (Wildman–Crippen MR) is 100 cm³/mol. The molecule has 0 spiro atoms. The summed E-state index contributed by atoms with van der Waals surface area (Å²) in [6.45, 7) is 3.66. The van der Waals surface area contributed by atoms with Crippen LogP contribution in [0, 0.1) is 0 Å². The van der Waals surface area contributed by atoms with Crippen LogP contribution >= 0.6 is 0 Å². The minimum atomic E-state index is -0.0562. The third-order valence-corrected chi connectivity index (χ3v) is 4.92. The lowest BCUT2D eigenvalue weighted by molar-refractivity contribution is -0.128. The monoisotopic (exact) mass is 356 g/mol. The molecule has 2 heterocycles. The summed E-state index contributed by atoms with van der Waals surface area (Å²) in [4.78, 5) is 19.3. The van der Waals surface area contributed by atoms with Gasteiger partial charge in [0.15, 0.2) is 0 Å². The average molecular weight is 356 g/mol. The molecule has 1 aromatic heterocycles. The number of benzene rings is 1. The molecule has 1 atom stereocenters. The van der Waals surface area contributed by atoms with Gasteiger partial charge in [-0.25, -0.2) is 4.98 Å². The Bertz CT molecular complexity index is 686. The fourth-order valence-electron chi connectivity index (χ4n) is 3.48. The van der Waals surface area contributed by atoms with E-state index in [1.54, 1.807) is 19.6 Å². The molecular formula is C20H28N4O2. The van der Waals surface area contributed by atoms with E-state index in [2.05, 4.69) is 39.5 Å². The fraction of sp³-hybridized carbons (Fsp3) is 0.500. The summed E-state index contributed by atoms with van der Waals surface area (Å²) < 4.78 is 7.14. The van der Waals surface area contributed by atoms with E-state index in [0.29, 0.717) is 13.2 Å². The molecule has 6 nitrogen and oxygen atoms in total. The van der Waals surface area contributed by atoms with E-state index in [4.69, 9.17) is 4.74 Å². The van der Waals surface area contributed by atoms with Crippen LogP contribution in [0.3, 0.4) is 0 Å². The molecule has 6 heteroatoms. The van der Waals surface area contributed by atoms with Crippen molar-refractivity contribution in [2.75, 3.05) is 20.3 Å². The maximum absolute atomic E-state index is 12.8. The smallest absolute Gasteiger partial charge is 0.237 e. The third-order valence-electron chi connectivity index (χ3n) is 4.92. The molecule has 1 aliphatic heterocycles. The molecular weight excluding hydrogens is 328 g/mol. The zero-order valence-corrected chi connectivity index (χ0v) is 15.4. The molecule has 140 valence electrons. The lowest BCUT2D eigenvalue weighted by atomic mass is 10.0. The summed E-state index contributed by atoms with van der Waals surface area (Å²) in [5.74, 6) is 0.111. The standard InChI is InChI=1S/C20H28N4O2/c1-26-12-11-24-16-21-13-18(24)14-22-20(25)19-9-5-6-10-23(19)15-17-7-3-2-4-8-17/h2-4,7-8,13,16,19H,5-6,9-12,14-15H2,1H3,(H,22,25)/t19-/m1/s1. The van der Waals surface area contributed by atoms with Gasteiger partial charge in [0, 0.05) is 26.4 Å². The average Bonchev–Trinajstić information content (AvgIpc) is 3.13. The number of hydrogen-bond donors (Lipinski definition) is 1. The van der Waals surface area contributed by atoms with Gasteiger partial charge < -0.3 is 14.6 Å². The van der Waals surface area contributed by atoms with Crippen LogP contribution in [0.5, 0.6) is 0 Å². The first-order valence-electron chi connectivity index (χ1n) is 9.31. The number of nitrogens with one attached hydrogen (secondary N) is 1. The third kappa shape index (κ3) is 4.93. The molecule has 1 fully saturated rings. The van der Waals surface area contributed by atoms with Crippen molar-refractivity contribution < 1.29 is 9.53 Å². The van der Waals surface area contributed by atoms with Crippen LogP contribution in [-0.4, -0.2) is 46.7 Å².